The molecule has 0 saturated heterocycles. The Kier molecular flexibility index (Phi) is 2.64. The van der Waals surface area contributed by atoms with Crippen LogP contribution < -0.4 is 9.80 Å². The van der Waals surface area contributed by atoms with Crippen molar-refractivity contribution in [1.82, 2.24) is 0 Å². The monoisotopic (exact) mass is 274 g/mol. The molecule has 0 aromatic heterocycles. The van der Waals surface area contributed by atoms with Crippen LogP contribution in [0.5, 0.6) is 0 Å². The first kappa shape index (κ1) is 12.3. The summed E-state index contributed by atoms with van der Waals surface area (Å²) in [5.74, 6) is 0. The van der Waals surface area contributed by atoms with Gasteiger partial charge in [0.05, 0.1) is 12.4 Å². The molecule has 1 aliphatic heterocycles. The highest BCUT2D eigenvalue weighted by atomic mass is 15.3. The molecule has 0 bridgehead atoms. The normalized spacial score (nSPS) is 13.8. The van der Waals surface area contributed by atoms with E-state index in [1.165, 1.54) is 33.4 Å². The lowest BCUT2D eigenvalue weighted by atomic mass is 10.0. The average molecular weight is 274 g/mol. The first-order valence-corrected chi connectivity index (χ1v) is 7.32. The van der Waals surface area contributed by atoms with Crippen molar-refractivity contribution < 1.29 is 0 Å². The number of nitrogens with zero attached hydrogens (tertiary/aromatic N) is 2. The molecule has 21 heavy (non-hydrogen) atoms. The van der Waals surface area contributed by atoms with Gasteiger partial charge in [0.1, 0.15) is 0 Å². The van der Waals surface area contributed by atoms with Gasteiger partial charge in [-0.15, -0.1) is 0 Å². The highest BCUT2D eigenvalue weighted by Gasteiger charge is 2.23. The van der Waals surface area contributed by atoms with E-state index in [-0.39, 0.29) is 0 Å². The maximum absolute atomic E-state index is 2.41. The van der Waals surface area contributed by atoms with Gasteiger partial charge < -0.3 is 9.80 Å². The van der Waals surface area contributed by atoms with Crippen LogP contribution in [0.4, 0.5) is 17.1 Å². The molecule has 0 atom stereocenters. The number of hydrogen-bond donors (Lipinski definition) is 0. The van der Waals surface area contributed by atoms with Gasteiger partial charge in [-0.1, -0.05) is 42.5 Å². The van der Waals surface area contributed by atoms with Gasteiger partial charge in [0.25, 0.3) is 0 Å². The predicted molar refractivity (Wildman–Crippen MR) is 90.5 cm³/mol. The van der Waals surface area contributed by atoms with Crippen molar-refractivity contribution in [3.05, 3.63) is 66.2 Å². The molecule has 0 radical (unpaired) electrons. The first-order chi connectivity index (χ1) is 10.3. The molecule has 0 N–H and O–H groups in total. The topological polar surface area (TPSA) is 6.48 Å². The quantitative estimate of drug-likeness (QED) is 0.635. The summed E-state index contributed by atoms with van der Waals surface area (Å²) in [6.07, 6.45) is 0. The largest absolute Gasteiger partial charge is 0.356 e. The van der Waals surface area contributed by atoms with Crippen LogP contribution in [0, 0.1) is 6.92 Å². The summed E-state index contributed by atoms with van der Waals surface area (Å²) >= 11 is 0. The summed E-state index contributed by atoms with van der Waals surface area (Å²) in [5.41, 5.74) is 5.21. The first-order valence-electron chi connectivity index (χ1n) is 7.32. The fourth-order valence-corrected chi connectivity index (χ4v) is 3.28. The van der Waals surface area contributed by atoms with E-state index in [1.807, 2.05) is 0 Å². The van der Waals surface area contributed by atoms with Crippen LogP contribution in [0.3, 0.4) is 0 Å². The van der Waals surface area contributed by atoms with Crippen molar-refractivity contribution >= 4 is 27.8 Å². The number of rotatable bonds is 1. The van der Waals surface area contributed by atoms with E-state index in [9.17, 15) is 0 Å². The zero-order valence-electron chi connectivity index (χ0n) is 12.4. The second-order valence-electron chi connectivity index (χ2n) is 5.71. The van der Waals surface area contributed by atoms with Crippen LogP contribution in [0.25, 0.3) is 10.8 Å². The summed E-state index contributed by atoms with van der Waals surface area (Å²) in [5, 5.41) is 2.65. The summed E-state index contributed by atoms with van der Waals surface area (Å²) in [4.78, 5) is 4.73. The summed E-state index contributed by atoms with van der Waals surface area (Å²) in [6, 6.07) is 21.7. The van der Waals surface area contributed by atoms with Crippen molar-refractivity contribution in [2.75, 3.05) is 23.5 Å². The lowest BCUT2D eigenvalue weighted by molar-refractivity contribution is 0.877. The Labute approximate surface area is 125 Å². The minimum Gasteiger partial charge on any atom is -0.356 e. The van der Waals surface area contributed by atoms with E-state index in [1.54, 1.807) is 0 Å². The Hall–Kier alpha value is -2.48. The molecule has 0 spiro atoms. The predicted octanol–water partition coefficient (Wildman–Crippen LogP) is 4.69. The van der Waals surface area contributed by atoms with Crippen LogP contribution in [-0.2, 0) is 0 Å². The van der Waals surface area contributed by atoms with Crippen molar-refractivity contribution in [3.63, 3.8) is 0 Å². The van der Waals surface area contributed by atoms with Crippen LogP contribution in [-0.4, -0.2) is 13.7 Å². The van der Waals surface area contributed by atoms with Crippen molar-refractivity contribution in [2.45, 2.75) is 6.92 Å². The molecule has 104 valence electrons. The van der Waals surface area contributed by atoms with Crippen LogP contribution >= 0.6 is 0 Å². The van der Waals surface area contributed by atoms with Crippen molar-refractivity contribution in [1.29, 1.82) is 0 Å². The number of hydrogen-bond acceptors (Lipinski definition) is 2. The van der Waals surface area contributed by atoms with Gasteiger partial charge in [-0.2, -0.15) is 0 Å². The third-order valence-electron chi connectivity index (χ3n) is 4.32. The highest BCUT2D eigenvalue weighted by Crippen LogP contribution is 2.42. The smallest absolute Gasteiger partial charge is 0.0949 e. The molecule has 3 aromatic carbocycles. The van der Waals surface area contributed by atoms with E-state index in [4.69, 9.17) is 0 Å². The van der Waals surface area contributed by atoms with Gasteiger partial charge in [0, 0.05) is 23.8 Å². The Balaban J connectivity index is 2.01. The van der Waals surface area contributed by atoms with Gasteiger partial charge in [0.15, 0.2) is 0 Å². The molecule has 0 fully saturated rings. The minimum absolute atomic E-state index is 0.876. The summed E-state index contributed by atoms with van der Waals surface area (Å²) in [7, 11) is 2.16. The maximum atomic E-state index is 2.41. The number of benzene rings is 3. The molecule has 0 aliphatic carbocycles. The molecule has 1 heterocycles. The molecule has 2 heteroatoms. The Morgan fingerprint density at radius 1 is 0.762 bits per heavy atom. The maximum Gasteiger partial charge on any atom is 0.0949 e. The minimum atomic E-state index is 0.876. The van der Waals surface area contributed by atoms with Crippen LogP contribution in [0.2, 0.25) is 0 Å². The third kappa shape index (κ3) is 1.79. The summed E-state index contributed by atoms with van der Waals surface area (Å²) < 4.78 is 0. The third-order valence-corrected chi connectivity index (χ3v) is 4.32. The molecular formula is C19H18N2. The van der Waals surface area contributed by atoms with Gasteiger partial charge in [-0.3, -0.25) is 0 Å². The van der Waals surface area contributed by atoms with Crippen LogP contribution in [0.15, 0.2) is 60.7 Å². The van der Waals surface area contributed by atoms with E-state index >= 15 is 0 Å². The molecule has 0 unspecified atom stereocenters. The molecule has 0 amide bonds. The average Bonchev–Trinajstić information content (AvgIpc) is 2.51. The van der Waals surface area contributed by atoms with Gasteiger partial charge in [-0.05, 0) is 36.1 Å². The zero-order valence-corrected chi connectivity index (χ0v) is 12.4. The van der Waals surface area contributed by atoms with Gasteiger partial charge >= 0.3 is 0 Å². The lowest BCUT2D eigenvalue weighted by Gasteiger charge is -2.38. The molecular weight excluding hydrogens is 256 g/mol. The molecule has 1 aliphatic rings. The number of aryl methyl sites for hydroxylation is 1. The summed E-state index contributed by atoms with van der Waals surface area (Å²) in [6.45, 7) is 3.05. The molecule has 0 saturated carbocycles. The molecule has 4 rings (SSSR count). The van der Waals surface area contributed by atoms with E-state index < -0.39 is 0 Å². The SMILES string of the molecule is Cc1ccccc1N1CN(C)c2cccc3cccc1c23. The molecule has 3 aromatic rings. The fourth-order valence-electron chi connectivity index (χ4n) is 3.28. The van der Waals surface area contributed by atoms with Crippen LogP contribution in [0.1, 0.15) is 5.56 Å². The second-order valence-corrected chi connectivity index (χ2v) is 5.71. The van der Waals surface area contributed by atoms with E-state index in [0.717, 1.165) is 6.67 Å². The standard InChI is InChI=1S/C19H18N2/c1-14-7-3-4-10-16(14)21-13-20(2)17-11-5-8-15-9-6-12-18(21)19(15)17/h3-12H,13H2,1-2H3. The molecule has 2 nitrogen and oxygen atoms in total. The highest BCUT2D eigenvalue weighted by molar-refractivity contribution is 6.06. The second kappa shape index (κ2) is 4.52. The fraction of sp³-hybridized carbons (Fsp3) is 0.158. The van der Waals surface area contributed by atoms with Crippen molar-refractivity contribution in [3.8, 4) is 0 Å². The number of para-hydroxylation sites is 1. The Morgan fingerprint density at radius 3 is 2.19 bits per heavy atom. The lowest BCUT2D eigenvalue weighted by Crippen LogP contribution is -2.36. The van der Waals surface area contributed by atoms with E-state index in [2.05, 4.69) is 84.4 Å². The zero-order chi connectivity index (χ0) is 14.4. The number of anilines is 3. The van der Waals surface area contributed by atoms with E-state index in [0.29, 0.717) is 0 Å². The Bertz CT molecular complexity index is 817. The Morgan fingerprint density at radius 2 is 1.43 bits per heavy atom. The van der Waals surface area contributed by atoms with Crippen molar-refractivity contribution in [2.24, 2.45) is 0 Å². The van der Waals surface area contributed by atoms with Gasteiger partial charge in [-0.25, -0.2) is 0 Å². The van der Waals surface area contributed by atoms with Gasteiger partial charge in [0.2, 0.25) is 0 Å².